The van der Waals surface area contributed by atoms with Gasteiger partial charge in [0.25, 0.3) is 0 Å². The summed E-state index contributed by atoms with van der Waals surface area (Å²) in [5, 5.41) is 0. The van der Waals surface area contributed by atoms with E-state index in [1.165, 1.54) is 0 Å². The molecule has 0 radical (unpaired) electrons. The molecule has 5 rings (SSSR count). The van der Waals surface area contributed by atoms with Crippen molar-refractivity contribution in [1.29, 1.82) is 0 Å². The van der Waals surface area contributed by atoms with Gasteiger partial charge in [-0.15, -0.1) is 0 Å². The van der Waals surface area contributed by atoms with Gasteiger partial charge in [-0.05, 0) is 70.2 Å². The molecular weight excluding hydrogens is 216 g/mol. The molecule has 0 fully saturated rings. The number of benzene rings is 1. The minimum Gasteiger partial charge on any atom is -0.0798 e. The largest absolute Gasteiger partial charge is 0.0798 e. The van der Waals surface area contributed by atoms with Crippen LogP contribution < -0.4 is 0 Å². The van der Waals surface area contributed by atoms with Crippen molar-refractivity contribution in [3.8, 4) is 0 Å². The molecule has 0 heteroatoms. The SMILES string of the molecule is C1=CC2=C(C1)c1cc3c(cc1C2)C1=C(C=CC1)C3. The van der Waals surface area contributed by atoms with Crippen LogP contribution in [0.1, 0.15) is 35.1 Å². The van der Waals surface area contributed by atoms with Crippen LogP contribution in [-0.2, 0) is 12.8 Å². The lowest BCUT2D eigenvalue weighted by molar-refractivity contribution is 1.20. The van der Waals surface area contributed by atoms with Gasteiger partial charge in [0.1, 0.15) is 0 Å². The molecule has 0 bridgehead atoms. The highest BCUT2D eigenvalue weighted by Crippen LogP contribution is 2.46. The van der Waals surface area contributed by atoms with Gasteiger partial charge in [-0.1, -0.05) is 36.4 Å². The minimum absolute atomic E-state index is 1.15. The van der Waals surface area contributed by atoms with Crippen molar-refractivity contribution in [2.75, 3.05) is 0 Å². The molecule has 0 nitrogen and oxygen atoms in total. The van der Waals surface area contributed by atoms with E-state index in [0.29, 0.717) is 0 Å². The molecular formula is C18H14. The van der Waals surface area contributed by atoms with Gasteiger partial charge in [0.05, 0.1) is 0 Å². The van der Waals surface area contributed by atoms with Crippen molar-refractivity contribution in [2.24, 2.45) is 0 Å². The lowest BCUT2D eigenvalue weighted by atomic mass is 9.95. The van der Waals surface area contributed by atoms with Crippen molar-refractivity contribution in [3.63, 3.8) is 0 Å². The van der Waals surface area contributed by atoms with Crippen molar-refractivity contribution in [2.45, 2.75) is 25.7 Å². The molecule has 0 aromatic heterocycles. The fourth-order valence-corrected chi connectivity index (χ4v) is 3.95. The first-order valence-electron chi connectivity index (χ1n) is 6.84. The average molecular weight is 230 g/mol. The van der Waals surface area contributed by atoms with Crippen LogP contribution in [0.3, 0.4) is 0 Å². The molecule has 4 aliphatic rings. The van der Waals surface area contributed by atoms with E-state index in [-0.39, 0.29) is 0 Å². The summed E-state index contributed by atoms with van der Waals surface area (Å²) in [5.41, 5.74) is 12.5. The molecule has 0 atom stereocenters. The van der Waals surface area contributed by atoms with Gasteiger partial charge in [-0.3, -0.25) is 0 Å². The number of allylic oxidation sites excluding steroid dienone is 8. The molecule has 18 heavy (non-hydrogen) atoms. The normalized spacial score (nSPS) is 21.8. The molecule has 0 unspecified atom stereocenters. The molecule has 0 N–H and O–H groups in total. The highest BCUT2D eigenvalue weighted by atomic mass is 14.3. The fraction of sp³-hybridized carbons (Fsp3) is 0.222. The Bertz CT molecular complexity index is 657. The summed E-state index contributed by atoms with van der Waals surface area (Å²) < 4.78 is 0. The highest BCUT2D eigenvalue weighted by Gasteiger charge is 2.28. The Morgan fingerprint density at radius 3 is 1.67 bits per heavy atom. The first-order chi connectivity index (χ1) is 8.90. The third kappa shape index (κ3) is 0.978. The monoisotopic (exact) mass is 230 g/mol. The zero-order valence-electron chi connectivity index (χ0n) is 10.3. The topological polar surface area (TPSA) is 0 Å². The maximum Gasteiger partial charge on any atom is -0.00166 e. The number of rotatable bonds is 0. The van der Waals surface area contributed by atoms with Crippen LogP contribution in [0.25, 0.3) is 11.1 Å². The third-order valence-electron chi connectivity index (χ3n) is 4.80. The summed E-state index contributed by atoms with van der Waals surface area (Å²) in [6, 6.07) is 4.96. The average Bonchev–Trinajstić information content (AvgIpc) is 3.04. The first-order valence-corrected chi connectivity index (χ1v) is 6.84. The Labute approximate surface area is 107 Å². The zero-order valence-corrected chi connectivity index (χ0v) is 10.3. The van der Waals surface area contributed by atoms with E-state index in [9.17, 15) is 0 Å². The van der Waals surface area contributed by atoms with E-state index >= 15 is 0 Å². The van der Waals surface area contributed by atoms with Crippen LogP contribution in [0, 0.1) is 0 Å². The molecule has 86 valence electrons. The number of hydrogen-bond donors (Lipinski definition) is 0. The molecule has 1 aromatic carbocycles. The van der Waals surface area contributed by atoms with Gasteiger partial charge >= 0.3 is 0 Å². The summed E-state index contributed by atoms with van der Waals surface area (Å²) in [5.74, 6) is 0. The number of hydrogen-bond acceptors (Lipinski definition) is 0. The van der Waals surface area contributed by atoms with Gasteiger partial charge in [-0.2, -0.15) is 0 Å². The van der Waals surface area contributed by atoms with Crippen LogP contribution in [0.5, 0.6) is 0 Å². The Morgan fingerprint density at radius 1 is 0.667 bits per heavy atom. The van der Waals surface area contributed by atoms with Crippen molar-refractivity contribution in [1.82, 2.24) is 0 Å². The predicted octanol–water partition coefficient (Wildman–Crippen LogP) is 4.23. The summed E-state index contributed by atoms with van der Waals surface area (Å²) in [6.45, 7) is 0. The molecule has 0 amide bonds. The minimum atomic E-state index is 1.15. The Kier molecular flexibility index (Phi) is 1.50. The molecule has 0 heterocycles. The second-order valence-corrected chi connectivity index (χ2v) is 5.74. The smallest absolute Gasteiger partial charge is 0.00166 e. The second-order valence-electron chi connectivity index (χ2n) is 5.74. The third-order valence-corrected chi connectivity index (χ3v) is 4.80. The zero-order chi connectivity index (χ0) is 11.7. The predicted molar refractivity (Wildman–Crippen MR) is 75.2 cm³/mol. The molecule has 4 aliphatic carbocycles. The van der Waals surface area contributed by atoms with Crippen LogP contribution in [-0.4, -0.2) is 0 Å². The van der Waals surface area contributed by atoms with Crippen molar-refractivity contribution < 1.29 is 0 Å². The summed E-state index contributed by atoms with van der Waals surface area (Å²) in [6.07, 6.45) is 13.9. The molecule has 0 saturated heterocycles. The van der Waals surface area contributed by atoms with Crippen LogP contribution >= 0.6 is 0 Å². The summed E-state index contributed by atoms with van der Waals surface area (Å²) >= 11 is 0. The van der Waals surface area contributed by atoms with Crippen molar-refractivity contribution >= 4 is 11.1 Å². The maximum absolute atomic E-state index is 2.48. The van der Waals surface area contributed by atoms with E-state index in [0.717, 1.165) is 25.7 Å². The highest BCUT2D eigenvalue weighted by molar-refractivity contribution is 5.87. The van der Waals surface area contributed by atoms with E-state index in [1.54, 1.807) is 44.5 Å². The molecule has 1 aromatic rings. The number of fused-ring (bicyclic) bond motifs is 4. The van der Waals surface area contributed by atoms with Gasteiger partial charge in [0, 0.05) is 0 Å². The maximum atomic E-state index is 2.48. The lowest BCUT2D eigenvalue weighted by Gasteiger charge is -2.09. The van der Waals surface area contributed by atoms with Crippen molar-refractivity contribution in [3.05, 3.63) is 69.8 Å². The van der Waals surface area contributed by atoms with Gasteiger partial charge in [-0.25, -0.2) is 0 Å². The van der Waals surface area contributed by atoms with E-state index in [1.807, 2.05) is 0 Å². The Balaban J connectivity index is 1.69. The lowest BCUT2D eigenvalue weighted by Crippen LogP contribution is -1.93. The van der Waals surface area contributed by atoms with Crippen LogP contribution in [0.15, 0.2) is 47.6 Å². The Morgan fingerprint density at radius 2 is 1.17 bits per heavy atom. The summed E-state index contributed by atoms with van der Waals surface area (Å²) in [7, 11) is 0. The van der Waals surface area contributed by atoms with E-state index < -0.39 is 0 Å². The second kappa shape index (κ2) is 2.95. The van der Waals surface area contributed by atoms with E-state index in [2.05, 4.69) is 36.4 Å². The quantitative estimate of drug-likeness (QED) is 0.625. The molecule has 0 aliphatic heterocycles. The fourth-order valence-electron chi connectivity index (χ4n) is 3.95. The standard InChI is InChI=1S/C18H14/c1-3-11-7-13-10-18-14(9-17(13)15(11)5-1)8-12-4-2-6-16(12)18/h1-4,9-10H,5-8H2. The van der Waals surface area contributed by atoms with Gasteiger partial charge in [0.2, 0.25) is 0 Å². The van der Waals surface area contributed by atoms with Gasteiger partial charge in [0.15, 0.2) is 0 Å². The van der Waals surface area contributed by atoms with Crippen LogP contribution in [0.2, 0.25) is 0 Å². The molecule has 0 spiro atoms. The van der Waals surface area contributed by atoms with E-state index in [4.69, 9.17) is 0 Å². The first kappa shape index (κ1) is 9.16. The Hall–Kier alpha value is -1.82. The van der Waals surface area contributed by atoms with Crippen LogP contribution in [0.4, 0.5) is 0 Å². The van der Waals surface area contributed by atoms with Gasteiger partial charge < -0.3 is 0 Å². The summed E-state index contributed by atoms with van der Waals surface area (Å²) in [4.78, 5) is 0. The molecule has 0 saturated carbocycles.